The predicted octanol–water partition coefficient (Wildman–Crippen LogP) is 10.8. The van der Waals surface area contributed by atoms with Crippen molar-refractivity contribution in [2.45, 2.75) is 220 Å². The molecule has 0 aromatic heterocycles. The lowest BCUT2D eigenvalue weighted by Gasteiger charge is -2.23. The van der Waals surface area contributed by atoms with E-state index in [4.69, 9.17) is 14.6 Å². The van der Waals surface area contributed by atoms with Gasteiger partial charge in [0.1, 0.15) is 13.2 Å². The van der Waals surface area contributed by atoms with E-state index in [9.17, 15) is 28.8 Å². The average Bonchev–Trinajstić information content (AvgIpc) is 3.22. The Balaban J connectivity index is 0. The molecule has 0 aliphatic heterocycles. The fourth-order valence-corrected chi connectivity index (χ4v) is 6.52. The number of carboxylic acids is 1. The van der Waals surface area contributed by atoms with Crippen LogP contribution in [0.4, 0.5) is 0 Å². The van der Waals surface area contributed by atoms with Gasteiger partial charge in [0.15, 0.2) is 0 Å². The molecule has 0 rings (SSSR count). The van der Waals surface area contributed by atoms with Gasteiger partial charge in [-0.05, 0) is 51.4 Å². The van der Waals surface area contributed by atoms with Crippen molar-refractivity contribution in [3.05, 3.63) is 0 Å². The van der Waals surface area contributed by atoms with Crippen LogP contribution in [0.2, 0.25) is 0 Å². The first-order chi connectivity index (χ1) is 28.6. The molecule has 59 heavy (non-hydrogen) atoms. The molecule has 346 valence electrons. The molecule has 0 fully saturated rings. The number of carbonyl (C=O) groups excluding carboxylic acids is 5. The Morgan fingerprint density at radius 1 is 0.373 bits per heavy atom. The Kier molecular flexibility index (Phi) is 43.6. The summed E-state index contributed by atoms with van der Waals surface area (Å²) in [5.41, 5.74) is 0. The van der Waals surface area contributed by atoms with Crippen LogP contribution in [0.15, 0.2) is 0 Å². The van der Waals surface area contributed by atoms with Gasteiger partial charge in [0.2, 0.25) is 11.8 Å². The molecule has 0 atom stereocenters. The second-order valence-corrected chi connectivity index (χ2v) is 15.7. The summed E-state index contributed by atoms with van der Waals surface area (Å²) < 4.78 is 14.7. The van der Waals surface area contributed by atoms with Gasteiger partial charge in [-0.2, -0.15) is 0 Å². The lowest BCUT2D eigenvalue weighted by Crippen LogP contribution is -2.32. The van der Waals surface area contributed by atoms with Crippen LogP contribution >= 0.6 is 0 Å². The Labute approximate surface area is 359 Å². The summed E-state index contributed by atoms with van der Waals surface area (Å²) in [6, 6.07) is 0. The molecule has 0 aromatic rings. The smallest absolute Gasteiger partial charge is 0.306 e. The second kappa shape index (κ2) is 44.4. The number of aliphatic carboxylic acids is 1. The lowest BCUT2D eigenvalue weighted by atomic mass is 10.1. The van der Waals surface area contributed by atoms with Gasteiger partial charge < -0.3 is 29.1 Å². The quantitative estimate of drug-likeness (QED) is 0.0358. The van der Waals surface area contributed by atoms with Crippen molar-refractivity contribution < 1.29 is 48.1 Å². The molecular formula is C47H88N2O10. The van der Waals surface area contributed by atoms with E-state index in [2.05, 4.69) is 42.2 Å². The molecule has 0 spiro atoms. The van der Waals surface area contributed by atoms with Gasteiger partial charge in [0.25, 0.3) is 0 Å². The second-order valence-electron chi connectivity index (χ2n) is 15.7. The van der Waals surface area contributed by atoms with Gasteiger partial charge in [-0.25, -0.2) is 0 Å². The van der Waals surface area contributed by atoms with Crippen LogP contribution in [0.5, 0.6) is 0 Å². The molecule has 0 aliphatic rings. The van der Waals surface area contributed by atoms with Crippen molar-refractivity contribution in [3.8, 4) is 0 Å². The number of methoxy groups -OCH3 is 1. The van der Waals surface area contributed by atoms with Crippen molar-refractivity contribution in [2.24, 2.45) is 0 Å². The molecule has 12 nitrogen and oxygen atoms in total. The highest BCUT2D eigenvalue weighted by Gasteiger charge is 2.14. The Morgan fingerprint density at radius 2 is 0.678 bits per heavy atom. The number of carboxylic acid groups (broad SMARTS) is 1. The van der Waals surface area contributed by atoms with E-state index in [0.29, 0.717) is 25.7 Å². The van der Waals surface area contributed by atoms with E-state index in [-0.39, 0.29) is 49.8 Å². The van der Waals surface area contributed by atoms with E-state index in [1.165, 1.54) is 84.2 Å². The maximum Gasteiger partial charge on any atom is 0.306 e. The topological polar surface area (TPSA) is 157 Å². The average molecular weight is 841 g/mol. The lowest BCUT2D eigenvalue weighted by molar-refractivity contribution is -0.152. The SMILES string of the molecule is CCCCCCN(CCCCCC)C(=O)CCCCCCC(=O)OCCOC(=O)CCCCCCC(=O)N(CCCCCC)CCCCCC.COC(=O)CCC(=O)O. The van der Waals surface area contributed by atoms with E-state index in [1.807, 2.05) is 0 Å². The monoisotopic (exact) mass is 841 g/mol. The Bertz CT molecular complexity index is 964. The predicted molar refractivity (Wildman–Crippen MR) is 236 cm³/mol. The fraction of sp³-hybridized carbons (Fsp3) is 0.872. The molecule has 0 heterocycles. The molecule has 0 radical (unpaired) electrons. The van der Waals surface area contributed by atoms with Crippen molar-refractivity contribution in [2.75, 3.05) is 46.5 Å². The third-order valence-electron chi connectivity index (χ3n) is 10.3. The summed E-state index contributed by atoms with van der Waals surface area (Å²) in [6.45, 7) is 12.5. The zero-order chi connectivity index (χ0) is 44.2. The molecule has 0 saturated carbocycles. The normalized spacial score (nSPS) is 10.7. The molecule has 0 aromatic carbocycles. The highest BCUT2D eigenvalue weighted by atomic mass is 16.6. The summed E-state index contributed by atoms with van der Waals surface area (Å²) in [5.74, 6) is -1.45. The maximum atomic E-state index is 12.8. The minimum Gasteiger partial charge on any atom is -0.481 e. The van der Waals surface area contributed by atoms with Crippen LogP contribution in [0.3, 0.4) is 0 Å². The van der Waals surface area contributed by atoms with Gasteiger partial charge in [-0.15, -0.1) is 0 Å². The van der Waals surface area contributed by atoms with Gasteiger partial charge in [-0.1, -0.05) is 130 Å². The number of carbonyl (C=O) groups is 6. The third kappa shape index (κ3) is 41.3. The number of hydrogen-bond donors (Lipinski definition) is 1. The van der Waals surface area contributed by atoms with Gasteiger partial charge in [0.05, 0.1) is 20.0 Å². The minimum atomic E-state index is -0.986. The molecule has 0 aliphatic carbocycles. The van der Waals surface area contributed by atoms with Crippen LogP contribution in [-0.4, -0.2) is 97.1 Å². The minimum absolute atomic E-state index is 0.0498. The number of amides is 2. The summed E-state index contributed by atoms with van der Waals surface area (Å²) in [4.78, 5) is 74.0. The van der Waals surface area contributed by atoms with Gasteiger partial charge in [-0.3, -0.25) is 28.8 Å². The molecular weight excluding hydrogens is 753 g/mol. The number of hydrogen-bond acceptors (Lipinski definition) is 9. The van der Waals surface area contributed by atoms with Gasteiger partial charge in [0, 0.05) is 51.9 Å². The zero-order valence-electron chi connectivity index (χ0n) is 38.5. The van der Waals surface area contributed by atoms with Crippen molar-refractivity contribution >= 4 is 35.7 Å². The largest absolute Gasteiger partial charge is 0.481 e. The molecule has 1 N–H and O–H groups in total. The number of ether oxygens (including phenoxy) is 3. The molecule has 0 unspecified atom stereocenters. The van der Waals surface area contributed by atoms with Crippen molar-refractivity contribution in [1.29, 1.82) is 0 Å². The summed E-state index contributed by atoms with van der Waals surface area (Å²) in [6.07, 6.45) is 27.4. The third-order valence-corrected chi connectivity index (χ3v) is 10.3. The Hall–Kier alpha value is -3.18. The molecule has 2 amide bonds. The van der Waals surface area contributed by atoms with Crippen LogP contribution in [-0.2, 0) is 43.0 Å². The molecule has 0 saturated heterocycles. The first kappa shape index (κ1) is 57.9. The Morgan fingerprint density at radius 3 is 0.966 bits per heavy atom. The number of nitrogens with zero attached hydrogens (tertiary/aromatic N) is 2. The standard InChI is InChI=1S/C42H80N2O6.C5H8O4/c1-5-9-13-25-33-43(34-26-14-10-6-2)39(45)29-21-17-19-23-31-41(47)49-37-38-50-42(48)32-24-20-18-22-30-40(46)44(35-27-15-11-7-3)36-28-16-12-8-4;1-9-5(8)3-2-4(6)7/h5-38H2,1-4H3;2-3H2,1H3,(H,6,7). The van der Waals surface area contributed by atoms with Crippen LogP contribution in [0.25, 0.3) is 0 Å². The summed E-state index contributed by atoms with van der Waals surface area (Å²) in [5, 5.41) is 8.05. The molecule has 0 bridgehead atoms. The first-order valence-corrected chi connectivity index (χ1v) is 23.7. The van der Waals surface area contributed by atoms with Crippen molar-refractivity contribution in [3.63, 3.8) is 0 Å². The zero-order valence-corrected chi connectivity index (χ0v) is 38.5. The summed E-state index contributed by atoms with van der Waals surface area (Å²) >= 11 is 0. The number of esters is 3. The highest BCUT2D eigenvalue weighted by molar-refractivity contribution is 5.77. The van der Waals surface area contributed by atoms with E-state index >= 15 is 0 Å². The number of rotatable bonds is 40. The van der Waals surface area contributed by atoms with Crippen molar-refractivity contribution in [1.82, 2.24) is 9.80 Å². The maximum absolute atomic E-state index is 12.8. The van der Waals surface area contributed by atoms with Gasteiger partial charge >= 0.3 is 23.9 Å². The molecule has 12 heteroatoms. The van der Waals surface area contributed by atoms with E-state index in [1.54, 1.807) is 0 Å². The van der Waals surface area contributed by atoms with Crippen LogP contribution in [0, 0.1) is 0 Å². The van der Waals surface area contributed by atoms with Crippen LogP contribution < -0.4 is 0 Å². The summed E-state index contributed by atoms with van der Waals surface area (Å²) in [7, 11) is 1.23. The first-order valence-electron chi connectivity index (χ1n) is 23.7. The number of unbranched alkanes of at least 4 members (excludes halogenated alkanes) is 18. The fourth-order valence-electron chi connectivity index (χ4n) is 6.52. The van der Waals surface area contributed by atoms with Crippen LogP contribution in [0.1, 0.15) is 220 Å². The van der Waals surface area contributed by atoms with E-state index in [0.717, 1.165) is 103 Å². The highest BCUT2D eigenvalue weighted by Crippen LogP contribution is 2.13. The van der Waals surface area contributed by atoms with E-state index < -0.39 is 11.9 Å².